The predicted octanol–water partition coefficient (Wildman–Crippen LogP) is 2.98. The number of nitrogens with two attached hydrogens (primary N) is 4. The van der Waals surface area contributed by atoms with Crippen molar-refractivity contribution >= 4 is 29.7 Å². The number of rotatable bonds is 27. The molecule has 0 aliphatic rings. The molecule has 0 radical (unpaired) electrons. The molecular formula is C31H54N4O8. The molecule has 0 spiro atoms. The SMILES string of the molecule is CCCCC/C=C\C/C=C\CCCCCCCC(=O)OCC(COC(=O)C(N)CCC(N)=O)OC(=O)C(N)CCC(N)=O. The molecule has 0 saturated heterocycles. The molecule has 0 aromatic rings. The highest BCUT2D eigenvalue weighted by molar-refractivity contribution is 5.79. The van der Waals surface area contributed by atoms with Gasteiger partial charge in [0.25, 0.3) is 0 Å². The number of unbranched alkanes of at least 4 members (excludes halogenated alkanes) is 8. The Morgan fingerprint density at radius 2 is 1.14 bits per heavy atom. The van der Waals surface area contributed by atoms with Gasteiger partial charge in [-0.2, -0.15) is 0 Å². The molecule has 246 valence electrons. The summed E-state index contributed by atoms with van der Waals surface area (Å²) in [6, 6.07) is -2.26. The normalized spacial score (nSPS) is 13.5. The molecule has 0 aliphatic carbocycles. The molecule has 8 N–H and O–H groups in total. The Bertz CT molecular complexity index is 878. The highest BCUT2D eigenvalue weighted by Gasteiger charge is 2.25. The van der Waals surface area contributed by atoms with Gasteiger partial charge in [0.05, 0.1) is 0 Å². The minimum Gasteiger partial charge on any atom is -0.462 e. The first-order valence-electron chi connectivity index (χ1n) is 15.5. The number of carbonyl (C=O) groups excluding carboxylic acids is 5. The van der Waals surface area contributed by atoms with Crippen LogP contribution in [-0.4, -0.2) is 61.1 Å². The topological polar surface area (TPSA) is 217 Å². The van der Waals surface area contributed by atoms with Crippen molar-refractivity contribution in [1.82, 2.24) is 0 Å². The Kier molecular flexibility index (Phi) is 24.4. The minimum absolute atomic E-state index is 0.0147. The highest BCUT2D eigenvalue weighted by Crippen LogP contribution is 2.10. The summed E-state index contributed by atoms with van der Waals surface area (Å²) in [5.74, 6) is -3.42. The van der Waals surface area contributed by atoms with Gasteiger partial charge in [0.1, 0.15) is 25.3 Å². The van der Waals surface area contributed by atoms with E-state index in [0.29, 0.717) is 6.42 Å². The maximum atomic E-state index is 12.3. The Labute approximate surface area is 256 Å². The summed E-state index contributed by atoms with van der Waals surface area (Å²) >= 11 is 0. The van der Waals surface area contributed by atoms with Crippen LogP contribution in [0.4, 0.5) is 0 Å². The van der Waals surface area contributed by atoms with E-state index < -0.39 is 54.5 Å². The van der Waals surface area contributed by atoms with Crippen LogP contribution >= 0.6 is 0 Å². The number of esters is 3. The van der Waals surface area contributed by atoms with E-state index in [0.717, 1.165) is 44.9 Å². The van der Waals surface area contributed by atoms with Crippen molar-refractivity contribution in [3.8, 4) is 0 Å². The third-order valence-corrected chi connectivity index (χ3v) is 6.47. The quantitative estimate of drug-likeness (QED) is 0.0461. The third-order valence-electron chi connectivity index (χ3n) is 6.47. The fourth-order valence-electron chi connectivity index (χ4n) is 3.82. The second kappa shape index (κ2) is 26.4. The van der Waals surface area contributed by atoms with Crippen LogP contribution in [0.1, 0.15) is 110 Å². The zero-order valence-corrected chi connectivity index (χ0v) is 25.8. The average molecular weight is 611 g/mol. The fourth-order valence-corrected chi connectivity index (χ4v) is 3.82. The molecule has 0 aromatic carbocycles. The number of carbonyl (C=O) groups is 5. The third kappa shape index (κ3) is 25.0. The summed E-state index contributed by atoms with van der Waals surface area (Å²) in [5.41, 5.74) is 21.6. The van der Waals surface area contributed by atoms with Gasteiger partial charge in [-0.15, -0.1) is 0 Å². The van der Waals surface area contributed by atoms with E-state index in [1.54, 1.807) is 0 Å². The van der Waals surface area contributed by atoms with E-state index >= 15 is 0 Å². The van der Waals surface area contributed by atoms with Crippen LogP contribution in [0.5, 0.6) is 0 Å². The first kappa shape index (κ1) is 39.8. The first-order valence-corrected chi connectivity index (χ1v) is 15.5. The van der Waals surface area contributed by atoms with Gasteiger partial charge in [0, 0.05) is 19.3 Å². The van der Waals surface area contributed by atoms with E-state index in [9.17, 15) is 24.0 Å². The molecule has 0 bridgehead atoms. The van der Waals surface area contributed by atoms with Gasteiger partial charge < -0.3 is 37.1 Å². The Morgan fingerprint density at radius 3 is 1.72 bits per heavy atom. The first-order chi connectivity index (χ1) is 20.6. The molecule has 0 heterocycles. The van der Waals surface area contributed by atoms with Crippen molar-refractivity contribution in [1.29, 1.82) is 0 Å². The van der Waals surface area contributed by atoms with Gasteiger partial charge in [-0.25, -0.2) is 0 Å². The molecule has 0 rings (SSSR count). The molecule has 0 saturated carbocycles. The van der Waals surface area contributed by atoms with Crippen molar-refractivity contribution in [2.24, 2.45) is 22.9 Å². The lowest BCUT2D eigenvalue weighted by Gasteiger charge is -2.21. The Balaban J connectivity index is 4.40. The van der Waals surface area contributed by atoms with Crippen LogP contribution in [-0.2, 0) is 38.2 Å². The van der Waals surface area contributed by atoms with Gasteiger partial charge >= 0.3 is 17.9 Å². The highest BCUT2D eigenvalue weighted by atomic mass is 16.6. The van der Waals surface area contributed by atoms with Crippen LogP contribution in [0.25, 0.3) is 0 Å². The minimum atomic E-state index is -1.15. The van der Waals surface area contributed by atoms with Gasteiger partial charge in [0.2, 0.25) is 11.8 Å². The largest absolute Gasteiger partial charge is 0.462 e. The van der Waals surface area contributed by atoms with Crippen molar-refractivity contribution in [3.63, 3.8) is 0 Å². The van der Waals surface area contributed by atoms with Crippen LogP contribution in [0.15, 0.2) is 24.3 Å². The molecule has 12 nitrogen and oxygen atoms in total. The monoisotopic (exact) mass is 610 g/mol. The van der Waals surface area contributed by atoms with E-state index in [4.69, 9.17) is 37.1 Å². The van der Waals surface area contributed by atoms with Crippen molar-refractivity contribution in [2.45, 2.75) is 128 Å². The number of allylic oxidation sites excluding steroid dienone is 4. The lowest BCUT2D eigenvalue weighted by molar-refractivity contribution is -0.168. The predicted molar refractivity (Wildman–Crippen MR) is 164 cm³/mol. The molecule has 43 heavy (non-hydrogen) atoms. The zero-order chi connectivity index (χ0) is 32.3. The van der Waals surface area contributed by atoms with Crippen molar-refractivity contribution < 1.29 is 38.2 Å². The molecule has 0 fully saturated rings. The van der Waals surface area contributed by atoms with Gasteiger partial charge in [0.15, 0.2) is 6.10 Å². The lowest BCUT2D eigenvalue weighted by Crippen LogP contribution is -2.40. The molecule has 2 amide bonds. The maximum Gasteiger partial charge on any atom is 0.323 e. The zero-order valence-electron chi connectivity index (χ0n) is 25.8. The number of primary amides is 2. The van der Waals surface area contributed by atoms with Crippen molar-refractivity contribution in [2.75, 3.05) is 13.2 Å². The van der Waals surface area contributed by atoms with Crippen molar-refractivity contribution in [3.05, 3.63) is 24.3 Å². The molecule has 12 heteroatoms. The second-order valence-electron chi connectivity index (χ2n) is 10.6. The second-order valence-corrected chi connectivity index (χ2v) is 10.6. The summed E-state index contributed by atoms with van der Waals surface area (Å²) < 4.78 is 15.6. The standard InChI is InChI=1S/C31H54N4O8/c1-2-3-4-5-6-7-8-9-10-11-12-13-14-15-16-17-29(38)41-22-24(43-31(40)26(33)19-21-28(35)37)23-42-30(39)25(32)18-20-27(34)36/h6-7,9-10,24-26H,2-5,8,11-23,32-33H2,1H3,(H2,34,36)(H2,35,37)/b7-6-,10-9-. The number of hydrogen-bond acceptors (Lipinski definition) is 10. The van der Waals surface area contributed by atoms with Crippen LogP contribution in [0.2, 0.25) is 0 Å². The Hall–Kier alpha value is -3.25. The van der Waals surface area contributed by atoms with E-state index in [1.165, 1.54) is 19.3 Å². The van der Waals surface area contributed by atoms with E-state index in [-0.39, 0.29) is 38.7 Å². The number of amides is 2. The summed E-state index contributed by atoms with van der Waals surface area (Å²) in [6.45, 7) is 1.39. The average Bonchev–Trinajstić information content (AvgIpc) is 2.97. The summed E-state index contributed by atoms with van der Waals surface area (Å²) in [7, 11) is 0. The fraction of sp³-hybridized carbons (Fsp3) is 0.710. The summed E-state index contributed by atoms with van der Waals surface area (Å²) in [4.78, 5) is 58.6. The van der Waals surface area contributed by atoms with Gasteiger partial charge in [-0.1, -0.05) is 63.3 Å². The summed E-state index contributed by atoms with van der Waals surface area (Å²) in [5, 5.41) is 0. The van der Waals surface area contributed by atoms with Gasteiger partial charge in [-0.3, -0.25) is 24.0 Å². The lowest BCUT2D eigenvalue weighted by atomic mass is 10.1. The van der Waals surface area contributed by atoms with Gasteiger partial charge in [-0.05, 0) is 51.4 Å². The maximum absolute atomic E-state index is 12.3. The van der Waals surface area contributed by atoms with E-state index in [2.05, 4.69) is 31.2 Å². The van der Waals surface area contributed by atoms with Crippen LogP contribution in [0.3, 0.4) is 0 Å². The molecular weight excluding hydrogens is 556 g/mol. The molecule has 0 aromatic heterocycles. The number of hydrogen-bond donors (Lipinski definition) is 4. The Morgan fingerprint density at radius 1 is 0.628 bits per heavy atom. The molecule has 0 aliphatic heterocycles. The van der Waals surface area contributed by atoms with Crippen LogP contribution < -0.4 is 22.9 Å². The molecule has 3 unspecified atom stereocenters. The van der Waals surface area contributed by atoms with Crippen LogP contribution in [0, 0.1) is 0 Å². The molecule has 3 atom stereocenters. The van der Waals surface area contributed by atoms with E-state index in [1.807, 2.05) is 0 Å². The smallest absolute Gasteiger partial charge is 0.323 e. The number of ether oxygens (including phenoxy) is 3. The summed E-state index contributed by atoms with van der Waals surface area (Å²) in [6.07, 6.45) is 19.3.